The molecule has 8 nitrogen and oxygen atoms in total. The van der Waals surface area contributed by atoms with Crippen LogP contribution in [0.5, 0.6) is 11.5 Å². The van der Waals surface area contributed by atoms with E-state index in [-0.39, 0.29) is 23.6 Å². The Hall–Kier alpha value is -4.34. The van der Waals surface area contributed by atoms with Crippen LogP contribution in [0.25, 0.3) is 0 Å². The van der Waals surface area contributed by atoms with Crippen molar-refractivity contribution < 1.29 is 37.4 Å². The lowest BCUT2D eigenvalue weighted by Gasteiger charge is -2.22. The second kappa shape index (κ2) is 10.5. The maximum Gasteiger partial charge on any atom is 0.397 e. The lowest BCUT2D eigenvalue weighted by molar-refractivity contribution is -0.152. The highest BCUT2D eigenvalue weighted by atomic mass is 19.1. The van der Waals surface area contributed by atoms with E-state index >= 15 is 0 Å². The largest absolute Gasteiger partial charge is 0.497 e. The molecule has 1 aromatic heterocycles. The first-order valence-electron chi connectivity index (χ1n) is 9.99. The average molecular weight is 470 g/mol. The number of para-hydroxylation sites is 1. The molecule has 0 aliphatic carbocycles. The van der Waals surface area contributed by atoms with Crippen LogP contribution in [0.2, 0.25) is 0 Å². The number of aromatic nitrogens is 1. The van der Waals surface area contributed by atoms with Crippen LogP contribution in [-0.2, 0) is 14.3 Å². The van der Waals surface area contributed by atoms with Crippen molar-refractivity contribution in [1.82, 2.24) is 4.98 Å². The monoisotopic (exact) mass is 470 g/mol. The first kappa shape index (κ1) is 24.3. The van der Waals surface area contributed by atoms with Crippen molar-refractivity contribution in [3.05, 3.63) is 77.5 Å². The fourth-order valence-electron chi connectivity index (χ4n) is 3.06. The van der Waals surface area contributed by atoms with Crippen molar-refractivity contribution in [3.63, 3.8) is 0 Å². The lowest BCUT2D eigenvalue weighted by Crippen LogP contribution is -2.36. The molecular weight excluding hydrogens is 450 g/mol. The van der Waals surface area contributed by atoms with Crippen molar-refractivity contribution >= 4 is 29.2 Å². The Labute approximate surface area is 193 Å². The number of ether oxygens (including phenoxy) is 3. The SMILES string of the molecule is CCOC(=O)C(=O)N(c1ccc(C(=O)c2cc(OC)cc(OC)c2)cn1)c1c(F)cccc1F. The molecule has 2 aromatic carbocycles. The van der Waals surface area contributed by atoms with Gasteiger partial charge in [0.15, 0.2) is 5.78 Å². The third-order valence-electron chi connectivity index (χ3n) is 4.67. The first-order valence-corrected chi connectivity index (χ1v) is 9.99. The number of hydrogen-bond acceptors (Lipinski definition) is 7. The van der Waals surface area contributed by atoms with E-state index in [1.165, 1.54) is 45.4 Å². The van der Waals surface area contributed by atoms with Crippen molar-refractivity contribution in [1.29, 1.82) is 0 Å². The number of ketones is 1. The highest BCUT2D eigenvalue weighted by molar-refractivity contribution is 6.39. The summed E-state index contributed by atoms with van der Waals surface area (Å²) in [6.07, 6.45) is 1.12. The Kier molecular flexibility index (Phi) is 7.52. The molecular formula is C24H20F2N2O6. The summed E-state index contributed by atoms with van der Waals surface area (Å²) < 4.78 is 44.0. The minimum atomic E-state index is -1.35. The van der Waals surface area contributed by atoms with Crippen molar-refractivity contribution in [2.24, 2.45) is 0 Å². The molecule has 1 heterocycles. The standard InChI is InChI=1S/C24H20F2N2O6/c1-4-34-24(31)23(30)28(21-18(25)6-5-7-19(21)26)20-9-8-14(13-27-20)22(29)15-10-16(32-2)12-17(11-15)33-3/h5-13H,4H2,1-3H3. The molecule has 3 aromatic rings. The third-order valence-corrected chi connectivity index (χ3v) is 4.67. The Balaban J connectivity index is 2.03. The van der Waals surface area contributed by atoms with Gasteiger partial charge in [-0.1, -0.05) is 6.07 Å². The quantitative estimate of drug-likeness (QED) is 0.294. The molecule has 0 aliphatic rings. The van der Waals surface area contributed by atoms with E-state index in [9.17, 15) is 23.2 Å². The van der Waals surface area contributed by atoms with E-state index in [0.29, 0.717) is 16.4 Å². The van der Waals surface area contributed by atoms with Gasteiger partial charge in [0.25, 0.3) is 0 Å². The molecule has 0 N–H and O–H groups in total. The molecule has 0 saturated carbocycles. The third kappa shape index (κ3) is 5.01. The van der Waals surface area contributed by atoms with Crippen molar-refractivity contribution in [2.75, 3.05) is 25.7 Å². The number of benzene rings is 2. The maximum absolute atomic E-state index is 14.5. The minimum absolute atomic E-state index is 0.108. The molecule has 0 spiro atoms. The molecule has 0 saturated heterocycles. The number of esters is 1. The summed E-state index contributed by atoms with van der Waals surface area (Å²) in [7, 11) is 2.88. The van der Waals surface area contributed by atoms with Crippen LogP contribution in [0, 0.1) is 11.6 Å². The van der Waals surface area contributed by atoms with Gasteiger partial charge in [0.2, 0.25) is 0 Å². The van der Waals surface area contributed by atoms with Crippen LogP contribution in [0.3, 0.4) is 0 Å². The van der Waals surface area contributed by atoms with Gasteiger partial charge in [-0.15, -0.1) is 0 Å². The molecule has 34 heavy (non-hydrogen) atoms. The number of pyridine rings is 1. The van der Waals surface area contributed by atoms with Crippen LogP contribution in [0.4, 0.5) is 20.3 Å². The summed E-state index contributed by atoms with van der Waals surface area (Å²) in [6.45, 7) is 1.36. The maximum atomic E-state index is 14.5. The van der Waals surface area contributed by atoms with Crippen LogP contribution >= 0.6 is 0 Å². The Morgan fingerprint density at radius 1 is 0.912 bits per heavy atom. The lowest BCUT2D eigenvalue weighted by atomic mass is 10.0. The normalized spacial score (nSPS) is 10.4. The number of methoxy groups -OCH3 is 2. The van der Waals surface area contributed by atoms with E-state index < -0.39 is 35.0 Å². The Morgan fingerprint density at radius 2 is 1.53 bits per heavy atom. The van der Waals surface area contributed by atoms with Crippen molar-refractivity contribution in [3.8, 4) is 11.5 Å². The fourth-order valence-corrected chi connectivity index (χ4v) is 3.06. The van der Waals surface area contributed by atoms with E-state index in [4.69, 9.17) is 14.2 Å². The van der Waals surface area contributed by atoms with Gasteiger partial charge in [0, 0.05) is 23.4 Å². The van der Waals surface area contributed by atoms with Gasteiger partial charge in [-0.2, -0.15) is 0 Å². The van der Waals surface area contributed by atoms with Gasteiger partial charge in [0.1, 0.15) is 34.6 Å². The highest BCUT2D eigenvalue weighted by Gasteiger charge is 2.31. The molecule has 176 valence electrons. The second-order valence-corrected chi connectivity index (χ2v) is 6.77. The number of rotatable bonds is 7. The second-order valence-electron chi connectivity index (χ2n) is 6.77. The number of amides is 1. The molecule has 0 aliphatic heterocycles. The van der Waals surface area contributed by atoms with Crippen LogP contribution < -0.4 is 14.4 Å². The predicted octanol–water partition coefficient (Wildman–Crippen LogP) is 3.84. The Morgan fingerprint density at radius 3 is 2.03 bits per heavy atom. The van der Waals surface area contributed by atoms with Crippen LogP contribution in [-0.4, -0.2) is 43.5 Å². The molecule has 10 heteroatoms. The number of anilines is 2. The number of carbonyl (C=O) groups is 3. The first-order chi connectivity index (χ1) is 16.3. The van der Waals surface area contributed by atoms with Gasteiger partial charge in [-0.3, -0.25) is 9.59 Å². The van der Waals surface area contributed by atoms with E-state index in [1.807, 2.05) is 0 Å². The van der Waals surface area contributed by atoms with E-state index in [0.717, 1.165) is 24.4 Å². The smallest absolute Gasteiger partial charge is 0.397 e. The summed E-state index contributed by atoms with van der Waals surface area (Å²) in [6, 6.07) is 10.1. The van der Waals surface area contributed by atoms with Gasteiger partial charge >= 0.3 is 11.9 Å². The number of carbonyl (C=O) groups excluding carboxylic acids is 3. The topological polar surface area (TPSA) is 95.0 Å². The van der Waals surface area contributed by atoms with Gasteiger partial charge < -0.3 is 14.2 Å². The summed E-state index contributed by atoms with van der Waals surface area (Å²) in [4.78, 5) is 42.2. The zero-order chi connectivity index (χ0) is 24.8. The average Bonchev–Trinajstić information content (AvgIpc) is 2.85. The summed E-state index contributed by atoms with van der Waals surface area (Å²) in [5, 5.41) is 0. The zero-order valence-corrected chi connectivity index (χ0v) is 18.5. The van der Waals surface area contributed by atoms with Gasteiger partial charge in [0.05, 0.1) is 20.8 Å². The number of halogens is 2. The van der Waals surface area contributed by atoms with Gasteiger partial charge in [-0.05, 0) is 43.3 Å². The van der Waals surface area contributed by atoms with Gasteiger partial charge in [-0.25, -0.2) is 23.5 Å². The fraction of sp³-hybridized carbons (Fsp3) is 0.167. The molecule has 0 atom stereocenters. The zero-order valence-electron chi connectivity index (χ0n) is 18.5. The van der Waals surface area contributed by atoms with E-state index in [1.54, 1.807) is 6.07 Å². The molecule has 0 fully saturated rings. The molecule has 1 amide bonds. The van der Waals surface area contributed by atoms with Crippen molar-refractivity contribution in [2.45, 2.75) is 6.92 Å². The van der Waals surface area contributed by atoms with Crippen LogP contribution in [0.1, 0.15) is 22.8 Å². The van der Waals surface area contributed by atoms with E-state index in [2.05, 4.69) is 4.98 Å². The number of nitrogens with zero attached hydrogens (tertiary/aromatic N) is 2. The highest BCUT2D eigenvalue weighted by Crippen LogP contribution is 2.30. The molecule has 0 unspecified atom stereocenters. The summed E-state index contributed by atoms with van der Waals surface area (Å²) in [5.74, 6) is -4.81. The molecule has 0 radical (unpaired) electrons. The number of hydrogen-bond donors (Lipinski definition) is 0. The summed E-state index contributed by atoms with van der Waals surface area (Å²) >= 11 is 0. The molecule has 0 bridgehead atoms. The summed E-state index contributed by atoms with van der Waals surface area (Å²) in [5.41, 5.74) is -0.452. The molecule has 3 rings (SSSR count). The predicted molar refractivity (Wildman–Crippen MR) is 117 cm³/mol. The Bertz CT molecular complexity index is 1190. The van der Waals surface area contributed by atoms with Crippen LogP contribution in [0.15, 0.2) is 54.7 Å². The minimum Gasteiger partial charge on any atom is -0.497 e.